The van der Waals surface area contributed by atoms with E-state index in [2.05, 4.69) is 79.8 Å². The van der Waals surface area contributed by atoms with Gasteiger partial charge in [0.15, 0.2) is 12.6 Å². The molecule has 0 aromatic carbocycles. The molecule has 0 saturated carbocycles. The van der Waals surface area contributed by atoms with Gasteiger partial charge in [-0.2, -0.15) is 0 Å². The molecule has 11 unspecified atom stereocenters. The van der Waals surface area contributed by atoms with Gasteiger partial charge in [-0.3, -0.25) is 4.79 Å². The van der Waals surface area contributed by atoms with E-state index in [-0.39, 0.29) is 19.6 Å². The highest BCUT2D eigenvalue weighted by Gasteiger charge is 2.47. The summed E-state index contributed by atoms with van der Waals surface area (Å²) in [7, 11) is 0. The molecule has 2 fully saturated rings. The Kier molecular flexibility index (Phi) is 27.8. The second kappa shape index (κ2) is 31.4. The number of hydrogen-bond donors (Lipinski definition) is 7. The monoisotopic (exact) mass is 810 g/mol. The Balaban J connectivity index is 1.75. The minimum Gasteiger partial charge on any atom is -0.457 e. The van der Waals surface area contributed by atoms with Crippen molar-refractivity contribution in [3.8, 4) is 0 Å². The van der Waals surface area contributed by atoms with Gasteiger partial charge in [-0.05, 0) is 57.8 Å². The van der Waals surface area contributed by atoms with E-state index in [1.165, 1.54) is 0 Å². The van der Waals surface area contributed by atoms with E-state index in [0.717, 1.165) is 64.2 Å². The number of esters is 1. The molecule has 14 nitrogen and oxygen atoms in total. The van der Waals surface area contributed by atoms with Gasteiger partial charge in [-0.25, -0.2) is 0 Å². The lowest BCUT2D eigenvalue weighted by atomic mass is 9.98. The van der Waals surface area contributed by atoms with E-state index in [1.54, 1.807) is 0 Å². The number of aliphatic hydroxyl groups is 7. The summed E-state index contributed by atoms with van der Waals surface area (Å²) in [6.07, 6.45) is 19.5. The molecule has 0 aromatic heterocycles. The van der Waals surface area contributed by atoms with Crippen LogP contribution < -0.4 is 0 Å². The number of carbonyl (C=O) groups is 1. The molecule has 0 bridgehead atoms. The standard InChI is InChI=1S/C43H70O14/c1-3-5-7-8-9-10-11-12-13-14-15-16-17-18-19-20-21-22-23-25-27-52-29-32(55-35(45)26-24-6-4-2)30-53-42-41(51)39(49)37(47)34(57-42)31-54-43-40(50)38(48)36(46)33(28-44)56-43/h5,7,9-10,12-13,15-16,18-19,21-22,32-34,36-44,46-51H,3-4,6,8,11,14,17,20,23-31H2,1-2H3/b7-5-,10-9-,13-12-,16-15-,19-18-,22-21-. The van der Waals surface area contributed by atoms with Gasteiger partial charge >= 0.3 is 5.97 Å². The van der Waals surface area contributed by atoms with Crippen molar-refractivity contribution in [2.75, 3.05) is 33.0 Å². The van der Waals surface area contributed by atoms with Crippen molar-refractivity contribution in [3.05, 3.63) is 72.9 Å². The van der Waals surface area contributed by atoms with Crippen LogP contribution in [-0.4, -0.2) is 142 Å². The van der Waals surface area contributed by atoms with Gasteiger partial charge < -0.3 is 64.2 Å². The Bertz CT molecular complexity index is 1220. The maximum absolute atomic E-state index is 12.6. The van der Waals surface area contributed by atoms with E-state index in [0.29, 0.717) is 13.0 Å². The van der Waals surface area contributed by atoms with Crippen molar-refractivity contribution < 1.29 is 69.0 Å². The first-order valence-electron chi connectivity index (χ1n) is 20.5. The molecule has 14 heteroatoms. The van der Waals surface area contributed by atoms with Crippen LogP contribution in [0.15, 0.2) is 72.9 Å². The van der Waals surface area contributed by atoms with Crippen LogP contribution in [0.5, 0.6) is 0 Å². The van der Waals surface area contributed by atoms with Gasteiger partial charge in [0.25, 0.3) is 0 Å². The topological polar surface area (TPSA) is 214 Å². The van der Waals surface area contributed by atoms with Gasteiger partial charge in [0.1, 0.15) is 54.9 Å². The highest BCUT2D eigenvalue weighted by atomic mass is 16.7. The molecule has 0 aliphatic carbocycles. The summed E-state index contributed by atoms with van der Waals surface area (Å²) in [6.45, 7) is 3.17. The molecule has 0 spiro atoms. The van der Waals surface area contributed by atoms with Gasteiger partial charge in [-0.15, -0.1) is 0 Å². The molecule has 2 saturated heterocycles. The molecule has 7 N–H and O–H groups in total. The molecule has 326 valence electrons. The van der Waals surface area contributed by atoms with E-state index >= 15 is 0 Å². The Morgan fingerprint density at radius 1 is 0.596 bits per heavy atom. The minimum atomic E-state index is -1.72. The Labute approximate surface area is 338 Å². The summed E-state index contributed by atoms with van der Waals surface area (Å²) in [4.78, 5) is 12.6. The van der Waals surface area contributed by atoms with Gasteiger partial charge in [-0.1, -0.05) is 99.6 Å². The van der Waals surface area contributed by atoms with Crippen molar-refractivity contribution in [1.82, 2.24) is 0 Å². The molecular weight excluding hydrogens is 740 g/mol. The summed E-state index contributed by atoms with van der Waals surface area (Å²) < 4.78 is 33.6. The van der Waals surface area contributed by atoms with Crippen LogP contribution in [0.1, 0.15) is 90.9 Å². The summed E-state index contributed by atoms with van der Waals surface area (Å²) in [5, 5.41) is 71.4. The third kappa shape index (κ3) is 20.8. The van der Waals surface area contributed by atoms with E-state index in [1.807, 2.05) is 6.92 Å². The predicted octanol–water partition coefficient (Wildman–Crippen LogP) is 3.61. The van der Waals surface area contributed by atoms with Crippen molar-refractivity contribution in [2.24, 2.45) is 0 Å². The van der Waals surface area contributed by atoms with Crippen LogP contribution in [-0.2, 0) is 33.2 Å². The molecule has 2 rings (SSSR count). The van der Waals surface area contributed by atoms with Crippen LogP contribution in [0.25, 0.3) is 0 Å². The molecule has 57 heavy (non-hydrogen) atoms. The maximum Gasteiger partial charge on any atom is 0.306 e. The lowest BCUT2D eigenvalue weighted by Gasteiger charge is -2.42. The normalized spacial score (nSPS) is 29.3. The first-order valence-corrected chi connectivity index (χ1v) is 20.5. The summed E-state index contributed by atoms with van der Waals surface area (Å²) in [5.74, 6) is -0.426. The van der Waals surface area contributed by atoms with Crippen LogP contribution in [0.4, 0.5) is 0 Å². The van der Waals surface area contributed by atoms with E-state index < -0.39 is 86.7 Å². The molecule has 0 radical (unpaired) electrons. The fraction of sp³-hybridized carbons (Fsp3) is 0.698. The zero-order valence-electron chi connectivity index (χ0n) is 33.8. The second-order valence-electron chi connectivity index (χ2n) is 14.1. The zero-order valence-corrected chi connectivity index (χ0v) is 33.8. The number of rotatable bonds is 29. The molecule has 11 atom stereocenters. The summed E-state index contributed by atoms with van der Waals surface area (Å²) >= 11 is 0. The first-order chi connectivity index (χ1) is 27.6. The Hall–Kier alpha value is -2.57. The van der Waals surface area contributed by atoms with Crippen molar-refractivity contribution in [3.63, 3.8) is 0 Å². The molecule has 0 amide bonds. The number of unbranched alkanes of at least 4 members (excludes halogenated alkanes) is 3. The number of allylic oxidation sites excluding steroid dienone is 12. The zero-order chi connectivity index (χ0) is 41.7. The van der Waals surface area contributed by atoms with Gasteiger partial charge in [0.2, 0.25) is 0 Å². The van der Waals surface area contributed by atoms with Crippen LogP contribution in [0, 0.1) is 0 Å². The Morgan fingerprint density at radius 3 is 1.65 bits per heavy atom. The second-order valence-corrected chi connectivity index (χ2v) is 14.1. The maximum atomic E-state index is 12.6. The molecule has 2 aliphatic heterocycles. The van der Waals surface area contributed by atoms with Crippen molar-refractivity contribution in [1.29, 1.82) is 0 Å². The largest absolute Gasteiger partial charge is 0.457 e. The van der Waals surface area contributed by atoms with Crippen molar-refractivity contribution in [2.45, 2.75) is 158 Å². The number of hydrogen-bond acceptors (Lipinski definition) is 14. The lowest BCUT2D eigenvalue weighted by molar-refractivity contribution is -0.332. The average molecular weight is 811 g/mol. The average Bonchev–Trinajstić information content (AvgIpc) is 3.20. The van der Waals surface area contributed by atoms with Crippen molar-refractivity contribution >= 4 is 5.97 Å². The molecule has 2 aliphatic rings. The number of carbonyl (C=O) groups excluding carboxylic acids is 1. The molecule has 0 aromatic rings. The fourth-order valence-electron chi connectivity index (χ4n) is 5.83. The SMILES string of the molecule is CC/C=C\C/C=C\C/C=C\C/C=C\C/C=C\C/C=C\CCCOCC(COC1OC(COC2OC(CO)C(O)C(O)C2O)C(O)C(O)C1O)OC(=O)CCCCC. The lowest BCUT2D eigenvalue weighted by Crippen LogP contribution is -2.61. The summed E-state index contributed by atoms with van der Waals surface area (Å²) in [5.41, 5.74) is 0. The van der Waals surface area contributed by atoms with Gasteiger partial charge in [0.05, 0.1) is 26.4 Å². The van der Waals surface area contributed by atoms with Gasteiger partial charge in [0, 0.05) is 13.0 Å². The third-order valence-electron chi connectivity index (χ3n) is 9.23. The highest BCUT2D eigenvalue weighted by Crippen LogP contribution is 2.26. The van der Waals surface area contributed by atoms with Crippen LogP contribution >= 0.6 is 0 Å². The molecular formula is C43H70O14. The minimum absolute atomic E-state index is 0.0148. The summed E-state index contributed by atoms with van der Waals surface area (Å²) in [6, 6.07) is 0. The molecule has 2 heterocycles. The highest BCUT2D eigenvalue weighted by molar-refractivity contribution is 5.69. The smallest absolute Gasteiger partial charge is 0.306 e. The quantitative estimate of drug-likeness (QED) is 0.0327. The Morgan fingerprint density at radius 2 is 1.11 bits per heavy atom. The van der Waals surface area contributed by atoms with Crippen LogP contribution in [0.2, 0.25) is 0 Å². The van der Waals surface area contributed by atoms with Crippen LogP contribution in [0.3, 0.4) is 0 Å². The first kappa shape index (κ1) is 50.6. The third-order valence-corrected chi connectivity index (χ3v) is 9.23. The fourth-order valence-corrected chi connectivity index (χ4v) is 5.83. The predicted molar refractivity (Wildman–Crippen MR) is 215 cm³/mol. The van der Waals surface area contributed by atoms with E-state index in [4.69, 9.17) is 28.4 Å². The van der Waals surface area contributed by atoms with E-state index in [9.17, 15) is 40.5 Å². The number of aliphatic hydroxyl groups excluding tert-OH is 7. The number of ether oxygens (including phenoxy) is 6.